The van der Waals surface area contributed by atoms with Gasteiger partial charge in [0.25, 0.3) is 6.33 Å². The molecule has 0 unspecified atom stereocenters. The number of nitrogens with zero attached hydrogens (tertiary/aromatic N) is 4. The molecule has 13 rings (SSSR count). The zero-order chi connectivity index (χ0) is 78.7. The number of hydrogen-bond acceptors (Lipinski definition) is 2. The molecule has 0 aliphatic carbocycles. The third-order valence-electron chi connectivity index (χ3n) is 14.6. The third-order valence-corrected chi connectivity index (χ3v) is 18.8. The number of aryl methyl sites for hydroxylation is 2. The molecule has 5 nitrogen and oxygen atoms in total. The number of fused-ring (bicyclic) bond motifs is 4. The second-order valence-electron chi connectivity index (χ2n) is 21.7. The van der Waals surface area contributed by atoms with Crippen LogP contribution >= 0.6 is 0 Å². The number of para-hydroxylation sites is 1. The first-order chi connectivity index (χ1) is 50.5. The van der Waals surface area contributed by atoms with E-state index in [1.54, 1.807) is 51.2 Å². The van der Waals surface area contributed by atoms with Gasteiger partial charge in [-0.2, -0.15) is 18.2 Å². The molecule has 0 radical (unpaired) electrons. The molecule has 0 fully saturated rings. The summed E-state index contributed by atoms with van der Waals surface area (Å²) >= 11 is 0. The fraction of sp³-hybridized carbons (Fsp3) is 0.132. The summed E-state index contributed by atoms with van der Waals surface area (Å²) in [5, 5.41) is -1.58. The maximum absolute atomic E-state index is 10.2. The van der Waals surface area contributed by atoms with Crippen LogP contribution in [0.25, 0.3) is 72.3 Å². The molecule has 0 atom stereocenters. The van der Waals surface area contributed by atoms with Crippen LogP contribution in [0.1, 0.15) is 99.4 Å². The first-order valence-electron chi connectivity index (χ1n) is 39.2. The number of hydrogen-bond donors (Lipinski definition) is 0. The van der Waals surface area contributed by atoms with Gasteiger partial charge in [0.15, 0.2) is 8.07 Å². The van der Waals surface area contributed by atoms with E-state index in [-0.39, 0.29) is 82.5 Å². The number of rotatable bonds is 11. The standard InChI is InChI=1S/C76H64N4OSi.Pt/c1-52-25-23-26-53(2)73(52)55-39-42-68-70(45-55)78(58-29-24-30-59(49-58)81-60-40-41-65-64-37-21-22-38-67(64)80(69(65)50-60)72-48-56(43-44-77-72)75(3,4)5)51-79(68)74-66(54-27-13-9-14-28-54)46-57(76(6,7)8)47-71(74)82(61-31-15-10-16-32-61,62-33-17-11-18-34-62)63-35-19-12-20-36-63;/h9-48H,1-8H3;/q-2;/i1D3,2D3,9D,10D,11D,12D,13D,14D,15D,16D,17D,18D,19D,20D,27D,28D,31D,32D,33D,34D,35D,36D;. The maximum Gasteiger partial charge on any atom is 0.268 e. The zero-order valence-corrected chi connectivity index (χ0v) is 48.8. The molecule has 0 aliphatic heterocycles. The second kappa shape index (κ2) is 21.9. The molecule has 13 aromatic rings. The molecule has 0 aliphatic rings. The van der Waals surface area contributed by atoms with Crippen molar-refractivity contribution in [3.05, 3.63) is 283 Å². The SMILES string of the molecule is [2H]c1c([2H])c([2H])c(-c2cc(C(C)(C)C)cc([Si](c3c([2H])c([2H])c([2H])c([2H])c3[2H])(c3c([2H])c([2H])c([2H])c([2H])c3[2H])c3c([2H])c([2H])c([2H])c([2H])c3[2H])c2-[n+]2[c-]n(-c3[c-]c(Oc4[c-]c5c(cc4)c4ccccc4n5-c4cc(C(C)(C)C)ccn4)ccc3)c3cc(-c4c(C([2H])([2H])[2H])cccc4C([2H])([2H])[2H])ccc32)c([2H])c1[2H].[Pt]. The Hall–Kier alpha value is -8.67. The first kappa shape index (κ1) is 32.2. The Labute approximate surface area is 540 Å². The fourth-order valence-electron chi connectivity index (χ4n) is 10.7. The summed E-state index contributed by atoms with van der Waals surface area (Å²) in [4.78, 5) is 4.81. The largest absolute Gasteiger partial charge is 0.510 e. The van der Waals surface area contributed by atoms with Crippen LogP contribution in [0.2, 0.25) is 0 Å². The Morgan fingerprint density at radius 2 is 1.17 bits per heavy atom. The van der Waals surface area contributed by atoms with Crippen molar-refractivity contribution >= 4 is 61.7 Å². The molecule has 0 saturated heterocycles. The van der Waals surface area contributed by atoms with Gasteiger partial charge < -0.3 is 13.9 Å². The van der Waals surface area contributed by atoms with E-state index in [4.69, 9.17) is 23.4 Å². The molecule has 410 valence electrons. The molecule has 3 heterocycles. The van der Waals surface area contributed by atoms with E-state index in [0.717, 1.165) is 21.9 Å². The zero-order valence-electron chi connectivity index (χ0n) is 71.6. The molecule has 0 bridgehead atoms. The van der Waals surface area contributed by atoms with Crippen molar-refractivity contribution in [1.82, 2.24) is 14.1 Å². The fourth-order valence-corrected chi connectivity index (χ4v) is 14.7. The van der Waals surface area contributed by atoms with Crippen molar-refractivity contribution in [2.45, 2.75) is 66.1 Å². The maximum atomic E-state index is 10.2. The molecule has 0 N–H and O–H groups in total. The smallest absolute Gasteiger partial charge is 0.268 e. The minimum atomic E-state index is -6.36. The van der Waals surface area contributed by atoms with Crippen molar-refractivity contribution in [2.75, 3.05) is 0 Å². The third kappa shape index (κ3) is 9.88. The van der Waals surface area contributed by atoms with Gasteiger partial charge in [-0.05, 0) is 125 Å². The Kier molecular flexibility index (Phi) is 8.51. The summed E-state index contributed by atoms with van der Waals surface area (Å²) in [6, 6.07) is 16.9. The monoisotopic (exact) mass is 1300 g/mol. The van der Waals surface area contributed by atoms with Crippen molar-refractivity contribution in [3.63, 3.8) is 0 Å². The van der Waals surface area contributed by atoms with E-state index in [0.29, 0.717) is 11.3 Å². The average Bonchev–Trinajstić information content (AvgIpc) is 0.833. The normalized spacial score (nSPS) is 16.7. The first-order valence-corrected chi connectivity index (χ1v) is 28.2. The van der Waals surface area contributed by atoms with E-state index in [1.165, 1.54) is 57.7 Å². The molecule has 0 spiro atoms. The van der Waals surface area contributed by atoms with Crippen LogP contribution in [0.15, 0.2) is 242 Å². The van der Waals surface area contributed by atoms with E-state index in [1.807, 2.05) is 47.0 Å². The van der Waals surface area contributed by atoms with Crippen LogP contribution in [0.5, 0.6) is 11.5 Å². The number of imidazole rings is 1. The van der Waals surface area contributed by atoms with Gasteiger partial charge in [-0.1, -0.05) is 229 Å². The molecule has 83 heavy (non-hydrogen) atoms. The van der Waals surface area contributed by atoms with Crippen LogP contribution in [-0.4, -0.2) is 22.2 Å². The quantitative estimate of drug-likeness (QED) is 0.0560. The minimum absolute atomic E-state index is 0. The van der Waals surface area contributed by atoms with E-state index in [2.05, 4.69) is 39.2 Å². The van der Waals surface area contributed by atoms with E-state index >= 15 is 0 Å². The summed E-state index contributed by atoms with van der Waals surface area (Å²) in [6.07, 6.45) is 5.08. The molecule has 10 aromatic carbocycles. The van der Waals surface area contributed by atoms with Gasteiger partial charge in [0.05, 0.1) is 44.1 Å². The Bertz CT molecular complexity index is 5700. The minimum Gasteiger partial charge on any atom is -0.510 e. The van der Waals surface area contributed by atoms with Gasteiger partial charge in [0.2, 0.25) is 0 Å². The van der Waals surface area contributed by atoms with Crippen molar-refractivity contribution in [1.29, 1.82) is 0 Å². The van der Waals surface area contributed by atoms with Crippen molar-refractivity contribution in [2.24, 2.45) is 0 Å². The van der Waals surface area contributed by atoms with Gasteiger partial charge in [-0.15, -0.1) is 29.7 Å². The predicted octanol–water partition coefficient (Wildman–Crippen LogP) is 15.5. The molecular formula is C76H64N4OPtSi-2. The number of pyridine rings is 1. The van der Waals surface area contributed by atoms with Gasteiger partial charge in [0.1, 0.15) is 5.82 Å². The van der Waals surface area contributed by atoms with Gasteiger partial charge in [-0.3, -0.25) is 4.57 Å². The Morgan fingerprint density at radius 3 is 1.81 bits per heavy atom. The summed E-state index contributed by atoms with van der Waals surface area (Å²) in [5.41, 5.74) is -1.63. The van der Waals surface area contributed by atoms with Gasteiger partial charge in [0, 0.05) is 52.5 Å². The topological polar surface area (TPSA) is 35.9 Å². The second-order valence-corrected chi connectivity index (χ2v) is 25.3. The van der Waals surface area contributed by atoms with Crippen LogP contribution in [-0.2, 0) is 31.9 Å². The Morgan fingerprint density at radius 1 is 0.554 bits per heavy atom. The van der Waals surface area contributed by atoms with Crippen molar-refractivity contribution < 1.29 is 66.0 Å². The number of ether oxygens (including phenoxy) is 1. The van der Waals surface area contributed by atoms with Crippen LogP contribution < -0.4 is 30.1 Å². The van der Waals surface area contributed by atoms with Crippen LogP contribution in [0.4, 0.5) is 0 Å². The Balaban J connectivity index is 0.0000111. The molecule has 0 saturated carbocycles. The predicted molar refractivity (Wildman–Crippen MR) is 341 cm³/mol. The van der Waals surface area contributed by atoms with E-state index in [9.17, 15) is 21.9 Å². The molecule has 3 aromatic heterocycles. The molecule has 0 amide bonds. The van der Waals surface area contributed by atoms with Crippen LogP contribution in [0, 0.1) is 32.2 Å². The van der Waals surface area contributed by atoms with Gasteiger partial charge >= 0.3 is 0 Å². The number of benzene rings is 10. The van der Waals surface area contributed by atoms with Gasteiger partial charge in [-0.25, -0.2) is 4.98 Å². The summed E-state index contributed by atoms with van der Waals surface area (Å²) in [5.74, 6) is 0.816. The summed E-state index contributed by atoms with van der Waals surface area (Å²) < 4.78 is 256. The summed E-state index contributed by atoms with van der Waals surface area (Å²) in [7, 11) is -6.36. The number of aromatic nitrogens is 4. The van der Waals surface area contributed by atoms with Crippen LogP contribution in [0.3, 0.4) is 0 Å². The molecule has 7 heteroatoms. The van der Waals surface area contributed by atoms with Crippen molar-refractivity contribution in [3.8, 4) is 50.9 Å². The molecular weight excluding hydrogens is 1210 g/mol. The average molecular weight is 1300 g/mol. The summed E-state index contributed by atoms with van der Waals surface area (Å²) in [6.45, 7) is 5.39. The van der Waals surface area contributed by atoms with E-state index < -0.39 is 186 Å².